The summed E-state index contributed by atoms with van der Waals surface area (Å²) in [5.41, 5.74) is 1.37. The Labute approximate surface area is 110 Å². The molecule has 1 aromatic carbocycles. The predicted octanol–water partition coefficient (Wildman–Crippen LogP) is 4.56. The van der Waals surface area contributed by atoms with E-state index in [-0.39, 0.29) is 0 Å². The van der Waals surface area contributed by atoms with Crippen molar-refractivity contribution in [1.82, 2.24) is 0 Å². The molecule has 1 unspecified atom stereocenters. The zero-order chi connectivity index (χ0) is 12.9. The van der Waals surface area contributed by atoms with Crippen LogP contribution in [0, 0.1) is 0 Å². The van der Waals surface area contributed by atoms with Crippen molar-refractivity contribution in [2.75, 3.05) is 11.9 Å². The van der Waals surface area contributed by atoms with Gasteiger partial charge in [0.1, 0.15) is 0 Å². The van der Waals surface area contributed by atoms with E-state index in [0.717, 1.165) is 4.87 Å². The number of benzene rings is 1. The number of anilines is 1. The molecule has 1 rings (SSSR count). The van der Waals surface area contributed by atoms with Crippen molar-refractivity contribution in [2.24, 2.45) is 0 Å². The van der Waals surface area contributed by atoms with Gasteiger partial charge in [0, 0.05) is 0 Å². The number of hydrogen-bond donors (Lipinski definition) is 0. The Morgan fingerprint density at radius 3 is 2.18 bits per heavy atom. The second kappa shape index (κ2) is 6.48. The molecule has 0 saturated heterocycles. The quantitative estimate of drug-likeness (QED) is 0.695. The van der Waals surface area contributed by atoms with Crippen LogP contribution in [0.4, 0.5) is 5.69 Å². The Balaban J connectivity index is 2.83. The zero-order valence-corrected chi connectivity index (χ0v) is 14.1. The summed E-state index contributed by atoms with van der Waals surface area (Å²) in [6.07, 6.45) is 4.01. The van der Waals surface area contributed by atoms with E-state index in [1.54, 1.807) is 0 Å². The van der Waals surface area contributed by atoms with E-state index in [2.05, 4.69) is 66.5 Å². The molecule has 17 heavy (non-hydrogen) atoms. The molecule has 0 spiro atoms. The van der Waals surface area contributed by atoms with Crippen LogP contribution in [-0.4, -0.2) is 25.2 Å². The van der Waals surface area contributed by atoms with E-state index in [4.69, 9.17) is 0 Å². The standard InChI is InChI=1S/C15H27GeN/c1-6-7-13-15(16(2,3)4)17(5)14-11-9-8-10-12-14/h8-12,15H,6-7,13H2,1-5H3. The maximum atomic E-state index is 2.53. The van der Waals surface area contributed by atoms with Crippen LogP contribution in [0.3, 0.4) is 0 Å². The molecule has 0 aromatic heterocycles. The molecule has 0 N–H and O–H groups in total. The van der Waals surface area contributed by atoms with Crippen LogP contribution in [0.2, 0.25) is 17.3 Å². The van der Waals surface area contributed by atoms with E-state index < -0.39 is 13.3 Å². The van der Waals surface area contributed by atoms with Gasteiger partial charge in [0.2, 0.25) is 0 Å². The molecule has 0 heterocycles. The van der Waals surface area contributed by atoms with Crippen molar-refractivity contribution in [1.29, 1.82) is 0 Å². The van der Waals surface area contributed by atoms with Crippen LogP contribution < -0.4 is 4.90 Å². The average Bonchev–Trinajstić information content (AvgIpc) is 2.29. The molecule has 0 amide bonds. The minimum atomic E-state index is -1.66. The summed E-state index contributed by atoms with van der Waals surface area (Å²) < 4.78 is 0. The third-order valence-corrected chi connectivity index (χ3v) is 9.07. The number of rotatable bonds is 6. The second-order valence-electron chi connectivity index (χ2n) is 5.97. The molecule has 0 saturated carbocycles. The predicted molar refractivity (Wildman–Crippen MR) is 81.5 cm³/mol. The Bertz CT molecular complexity index is 315. The van der Waals surface area contributed by atoms with Gasteiger partial charge in [-0.3, -0.25) is 0 Å². The van der Waals surface area contributed by atoms with Crippen LogP contribution >= 0.6 is 0 Å². The van der Waals surface area contributed by atoms with Crippen molar-refractivity contribution in [3.05, 3.63) is 30.3 Å². The fraction of sp³-hybridized carbons (Fsp3) is 0.600. The van der Waals surface area contributed by atoms with Crippen LogP contribution in [0.25, 0.3) is 0 Å². The van der Waals surface area contributed by atoms with Crippen LogP contribution in [0.1, 0.15) is 26.2 Å². The molecule has 0 aliphatic rings. The normalized spacial score (nSPS) is 13.5. The molecular weight excluding hydrogens is 267 g/mol. The van der Waals surface area contributed by atoms with Crippen molar-refractivity contribution < 1.29 is 0 Å². The van der Waals surface area contributed by atoms with Crippen LogP contribution in [0.15, 0.2) is 30.3 Å². The van der Waals surface area contributed by atoms with E-state index >= 15 is 0 Å². The van der Waals surface area contributed by atoms with Crippen LogP contribution in [0.5, 0.6) is 0 Å². The molecule has 1 atom stereocenters. The van der Waals surface area contributed by atoms with Gasteiger partial charge < -0.3 is 0 Å². The molecule has 0 aliphatic heterocycles. The third-order valence-electron chi connectivity index (χ3n) is 3.46. The number of para-hydroxylation sites is 1. The second-order valence-corrected chi connectivity index (χ2v) is 17.3. The van der Waals surface area contributed by atoms with Crippen molar-refractivity contribution in [3.8, 4) is 0 Å². The Kier molecular flexibility index (Phi) is 5.58. The molecule has 0 radical (unpaired) electrons. The van der Waals surface area contributed by atoms with Gasteiger partial charge in [-0.05, 0) is 0 Å². The molecule has 0 aliphatic carbocycles. The molecule has 0 bridgehead atoms. The van der Waals surface area contributed by atoms with E-state index in [1.165, 1.54) is 24.9 Å². The molecule has 1 nitrogen and oxygen atoms in total. The summed E-state index contributed by atoms with van der Waals surface area (Å²) in [6, 6.07) is 10.8. The average molecular weight is 294 g/mol. The Hall–Kier alpha value is -0.437. The maximum absolute atomic E-state index is 2.53. The monoisotopic (exact) mass is 295 g/mol. The summed E-state index contributed by atoms with van der Waals surface area (Å²) in [5.74, 6) is 7.58. The van der Waals surface area contributed by atoms with Gasteiger partial charge in [-0.2, -0.15) is 0 Å². The summed E-state index contributed by atoms with van der Waals surface area (Å²) in [7, 11) is 2.27. The van der Waals surface area contributed by atoms with E-state index in [1.807, 2.05) is 0 Å². The summed E-state index contributed by atoms with van der Waals surface area (Å²) in [6.45, 7) is 2.29. The minimum absolute atomic E-state index is 0.789. The van der Waals surface area contributed by atoms with Gasteiger partial charge in [0.25, 0.3) is 0 Å². The fourth-order valence-electron chi connectivity index (χ4n) is 2.45. The molecule has 2 heteroatoms. The number of nitrogens with zero attached hydrogens (tertiary/aromatic N) is 1. The molecular formula is C15H27GeN. The van der Waals surface area contributed by atoms with Gasteiger partial charge in [-0.15, -0.1) is 0 Å². The topological polar surface area (TPSA) is 3.24 Å². The molecule has 0 fully saturated rings. The molecule has 96 valence electrons. The first-order chi connectivity index (χ1) is 7.96. The third kappa shape index (κ3) is 4.38. The van der Waals surface area contributed by atoms with Crippen molar-refractivity contribution in [2.45, 2.75) is 48.3 Å². The zero-order valence-electron chi connectivity index (χ0n) is 12.0. The Morgan fingerprint density at radius 1 is 1.12 bits per heavy atom. The van der Waals surface area contributed by atoms with Crippen LogP contribution in [-0.2, 0) is 0 Å². The SMILES string of the molecule is CCCC[CH](N(C)c1ccccc1)[Ge]([CH3])([CH3])[CH3]. The van der Waals surface area contributed by atoms with Gasteiger partial charge in [0.15, 0.2) is 0 Å². The van der Waals surface area contributed by atoms with Gasteiger partial charge >= 0.3 is 110 Å². The van der Waals surface area contributed by atoms with E-state index in [9.17, 15) is 0 Å². The number of hydrogen-bond acceptors (Lipinski definition) is 1. The first-order valence-corrected chi connectivity index (χ1v) is 14.2. The molecule has 1 aromatic rings. The Morgan fingerprint density at radius 2 is 1.71 bits per heavy atom. The summed E-state index contributed by atoms with van der Waals surface area (Å²) in [5, 5.41) is 0. The summed E-state index contributed by atoms with van der Waals surface area (Å²) in [4.78, 5) is 3.31. The van der Waals surface area contributed by atoms with Gasteiger partial charge in [-0.1, -0.05) is 0 Å². The number of unbranched alkanes of at least 4 members (excludes halogenated alkanes) is 1. The summed E-state index contributed by atoms with van der Waals surface area (Å²) >= 11 is -1.66. The van der Waals surface area contributed by atoms with Gasteiger partial charge in [0.05, 0.1) is 0 Å². The van der Waals surface area contributed by atoms with E-state index in [0.29, 0.717) is 0 Å². The van der Waals surface area contributed by atoms with Crippen molar-refractivity contribution >= 4 is 19.0 Å². The van der Waals surface area contributed by atoms with Crippen molar-refractivity contribution in [3.63, 3.8) is 0 Å². The van der Waals surface area contributed by atoms with Gasteiger partial charge in [-0.25, -0.2) is 0 Å². The first kappa shape index (κ1) is 14.6. The fourth-order valence-corrected chi connectivity index (χ4v) is 7.44. The first-order valence-electron chi connectivity index (χ1n) is 6.74.